The zero-order valence-corrected chi connectivity index (χ0v) is 14.9. The summed E-state index contributed by atoms with van der Waals surface area (Å²) in [4.78, 5) is 23.6. The van der Waals surface area contributed by atoms with E-state index in [0.29, 0.717) is 17.3 Å². The van der Waals surface area contributed by atoms with Crippen LogP contribution < -0.4 is 0 Å². The highest BCUT2D eigenvalue weighted by Gasteiger charge is 2.27. The zero-order valence-electron chi connectivity index (χ0n) is 14.1. The first kappa shape index (κ1) is 16.7. The van der Waals surface area contributed by atoms with Gasteiger partial charge in [-0.05, 0) is 31.0 Å². The van der Waals surface area contributed by atoms with Gasteiger partial charge in [-0.3, -0.25) is 14.9 Å². The summed E-state index contributed by atoms with van der Waals surface area (Å²) in [6.07, 6.45) is 7.05. The van der Waals surface area contributed by atoms with Crippen molar-refractivity contribution in [3.63, 3.8) is 0 Å². The van der Waals surface area contributed by atoms with E-state index >= 15 is 0 Å². The summed E-state index contributed by atoms with van der Waals surface area (Å²) in [5.41, 5.74) is 3.16. The lowest BCUT2D eigenvalue weighted by Gasteiger charge is -2.32. The van der Waals surface area contributed by atoms with Gasteiger partial charge in [0.2, 0.25) is 0 Å². The van der Waals surface area contributed by atoms with E-state index in [1.165, 1.54) is 0 Å². The third-order valence-electron chi connectivity index (χ3n) is 4.63. The first-order valence-corrected chi connectivity index (χ1v) is 8.95. The molecule has 0 unspecified atom stereocenters. The summed E-state index contributed by atoms with van der Waals surface area (Å²) in [6.45, 7) is 1.38. The van der Waals surface area contributed by atoms with Crippen LogP contribution in [0.1, 0.15) is 34.9 Å². The Morgan fingerprint density at radius 2 is 2.19 bits per heavy atom. The Hall–Kier alpha value is -2.73. The monoisotopic (exact) mass is 367 g/mol. The van der Waals surface area contributed by atoms with Crippen LogP contribution >= 0.6 is 11.6 Å². The Morgan fingerprint density at radius 1 is 1.27 bits per heavy atom. The van der Waals surface area contributed by atoms with Gasteiger partial charge in [0, 0.05) is 42.0 Å². The molecular weight excluding hydrogens is 350 g/mol. The van der Waals surface area contributed by atoms with E-state index in [2.05, 4.69) is 15.2 Å². The van der Waals surface area contributed by atoms with E-state index in [-0.39, 0.29) is 11.8 Å². The third kappa shape index (κ3) is 3.46. The molecule has 1 N–H and O–H groups in total. The van der Waals surface area contributed by atoms with Gasteiger partial charge in [0.25, 0.3) is 5.91 Å². The molecule has 0 radical (unpaired) electrons. The highest BCUT2D eigenvalue weighted by atomic mass is 35.5. The molecule has 0 saturated carbocycles. The molecule has 0 bridgehead atoms. The van der Waals surface area contributed by atoms with Gasteiger partial charge < -0.3 is 4.90 Å². The first-order chi connectivity index (χ1) is 12.7. The number of rotatable bonds is 3. The highest BCUT2D eigenvalue weighted by Crippen LogP contribution is 2.28. The van der Waals surface area contributed by atoms with Gasteiger partial charge in [-0.2, -0.15) is 5.10 Å². The van der Waals surface area contributed by atoms with Gasteiger partial charge in [0.1, 0.15) is 5.69 Å². The number of aromatic nitrogens is 4. The van der Waals surface area contributed by atoms with Crippen LogP contribution in [0, 0.1) is 0 Å². The molecule has 6 nitrogen and oxygen atoms in total. The number of aromatic amines is 1. The van der Waals surface area contributed by atoms with Gasteiger partial charge in [-0.25, -0.2) is 4.98 Å². The summed E-state index contributed by atoms with van der Waals surface area (Å²) in [6, 6.07) is 9.28. The number of nitrogens with zero attached hydrogens (tertiary/aromatic N) is 4. The molecule has 0 spiro atoms. The van der Waals surface area contributed by atoms with Gasteiger partial charge in [0.05, 0.1) is 17.6 Å². The van der Waals surface area contributed by atoms with E-state index in [9.17, 15) is 4.79 Å². The summed E-state index contributed by atoms with van der Waals surface area (Å²) in [5, 5.41) is 7.28. The number of hydrogen-bond acceptors (Lipinski definition) is 4. The van der Waals surface area contributed by atoms with Gasteiger partial charge in [0.15, 0.2) is 0 Å². The van der Waals surface area contributed by atoms with Crippen LogP contribution in [-0.4, -0.2) is 44.1 Å². The van der Waals surface area contributed by atoms with Crippen LogP contribution in [-0.2, 0) is 0 Å². The lowest BCUT2D eigenvalue weighted by atomic mass is 9.94. The van der Waals surface area contributed by atoms with Crippen LogP contribution in [0.15, 0.2) is 48.9 Å². The number of amides is 1. The molecule has 1 amide bonds. The largest absolute Gasteiger partial charge is 0.337 e. The summed E-state index contributed by atoms with van der Waals surface area (Å²) >= 11 is 6.09. The minimum atomic E-state index is -0.0221. The standard InChI is InChI=1S/C19H18ClN5O/c20-15-5-1-3-13(9-15)17-10-21-11-18(23-17)14-4-2-8-25(12-14)19(26)16-6-7-22-24-16/h1,3,5-7,9-11,14H,2,4,8,12H2,(H,22,24)/t14-/m0/s1. The van der Waals surface area contributed by atoms with Crippen molar-refractivity contribution < 1.29 is 4.79 Å². The molecule has 0 aliphatic carbocycles. The number of H-pyrrole nitrogens is 1. The third-order valence-corrected chi connectivity index (χ3v) is 4.87. The Bertz CT molecular complexity index is 912. The molecule has 1 aliphatic rings. The fraction of sp³-hybridized carbons (Fsp3) is 0.263. The molecule has 7 heteroatoms. The van der Waals surface area contributed by atoms with Crippen molar-refractivity contribution >= 4 is 17.5 Å². The fourth-order valence-corrected chi connectivity index (χ4v) is 3.50. The second kappa shape index (κ2) is 7.25. The Labute approximate surface area is 156 Å². The van der Waals surface area contributed by atoms with Gasteiger partial charge in [-0.15, -0.1) is 0 Å². The Morgan fingerprint density at radius 3 is 3.00 bits per heavy atom. The molecule has 1 fully saturated rings. The second-order valence-electron chi connectivity index (χ2n) is 6.40. The van der Waals surface area contributed by atoms with Gasteiger partial charge >= 0.3 is 0 Å². The SMILES string of the molecule is O=C(c1ccn[nH]1)N1CCC[C@H](c2cncc(-c3cccc(Cl)c3)n2)C1. The average Bonchev–Trinajstić information content (AvgIpc) is 3.22. The molecule has 3 heterocycles. The van der Waals surface area contributed by atoms with Crippen molar-refractivity contribution in [3.05, 3.63) is 65.3 Å². The molecule has 4 rings (SSSR count). The van der Waals surface area contributed by atoms with Crippen LogP contribution in [0.3, 0.4) is 0 Å². The maximum atomic E-state index is 12.6. The number of benzene rings is 1. The lowest BCUT2D eigenvalue weighted by Crippen LogP contribution is -2.39. The van der Waals surface area contributed by atoms with Gasteiger partial charge in [-0.1, -0.05) is 23.7 Å². The minimum absolute atomic E-state index is 0.0221. The van der Waals surface area contributed by atoms with Crippen LogP contribution in [0.25, 0.3) is 11.3 Å². The van der Waals surface area contributed by atoms with Crippen molar-refractivity contribution in [2.45, 2.75) is 18.8 Å². The number of halogens is 1. The summed E-state index contributed by atoms with van der Waals surface area (Å²) in [5.74, 6) is 0.147. The smallest absolute Gasteiger partial charge is 0.271 e. The number of piperidine rings is 1. The van der Waals surface area contributed by atoms with E-state index in [1.54, 1.807) is 24.7 Å². The maximum absolute atomic E-state index is 12.6. The first-order valence-electron chi connectivity index (χ1n) is 8.57. The topological polar surface area (TPSA) is 74.8 Å². The summed E-state index contributed by atoms with van der Waals surface area (Å²) in [7, 11) is 0. The number of likely N-dealkylation sites (tertiary alicyclic amines) is 1. The molecule has 1 saturated heterocycles. The lowest BCUT2D eigenvalue weighted by molar-refractivity contribution is 0.0700. The molecule has 132 valence electrons. The van der Waals surface area contributed by atoms with Crippen LogP contribution in [0.2, 0.25) is 5.02 Å². The fourth-order valence-electron chi connectivity index (χ4n) is 3.31. The molecule has 26 heavy (non-hydrogen) atoms. The molecule has 1 aliphatic heterocycles. The van der Waals surface area contributed by atoms with E-state index in [4.69, 9.17) is 16.6 Å². The molecule has 3 aromatic rings. The van der Waals surface area contributed by atoms with E-state index in [1.807, 2.05) is 29.2 Å². The molecule has 2 aromatic heterocycles. The second-order valence-corrected chi connectivity index (χ2v) is 6.84. The summed E-state index contributed by atoms with van der Waals surface area (Å²) < 4.78 is 0. The van der Waals surface area contributed by atoms with Crippen molar-refractivity contribution in [1.82, 2.24) is 25.1 Å². The zero-order chi connectivity index (χ0) is 17.9. The average molecular weight is 368 g/mol. The predicted octanol–water partition coefficient (Wildman–Crippen LogP) is 3.54. The Kier molecular flexibility index (Phi) is 4.67. The van der Waals surface area contributed by atoms with E-state index in [0.717, 1.165) is 36.3 Å². The number of carbonyl (C=O) groups is 1. The van der Waals surface area contributed by atoms with Crippen LogP contribution in [0.5, 0.6) is 0 Å². The number of hydrogen-bond donors (Lipinski definition) is 1. The maximum Gasteiger partial charge on any atom is 0.271 e. The molecule has 1 aromatic carbocycles. The van der Waals surface area contributed by atoms with Crippen LogP contribution in [0.4, 0.5) is 0 Å². The normalized spacial score (nSPS) is 17.3. The quantitative estimate of drug-likeness (QED) is 0.768. The van der Waals surface area contributed by atoms with Crippen molar-refractivity contribution in [2.24, 2.45) is 0 Å². The predicted molar refractivity (Wildman–Crippen MR) is 98.9 cm³/mol. The van der Waals surface area contributed by atoms with Crippen molar-refractivity contribution in [2.75, 3.05) is 13.1 Å². The number of carbonyl (C=O) groups excluding carboxylic acids is 1. The number of nitrogens with one attached hydrogen (secondary N) is 1. The minimum Gasteiger partial charge on any atom is -0.337 e. The van der Waals surface area contributed by atoms with E-state index < -0.39 is 0 Å². The van der Waals surface area contributed by atoms with Crippen molar-refractivity contribution in [3.8, 4) is 11.3 Å². The highest BCUT2D eigenvalue weighted by molar-refractivity contribution is 6.30. The Balaban J connectivity index is 1.55. The molecular formula is C19H18ClN5O. The van der Waals surface area contributed by atoms with Crippen molar-refractivity contribution in [1.29, 1.82) is 0 Å². The molecule has 1 atom stereocenters.